The molecule has 2 amide bonds. The molecule has 1 aromatic carbocycles. The maximum atomic E-state index is 12.7. The molecule has 0 unspecified atom stereocenters. The normalized spacial score (nSPS) is 17.9. The zero-order chi connectivity index (χ0) is 21.6. The first-order valence-electron chi connectivity index (χ1n) is 11.1. The van der Waals surface area contributed by atoms with Gasteiger partial charge in [-0.1, -0.05) is 41.3 Å². The van der Waals surface area contributed by atoms with Crippen LogP contribution < -0.4 is 10.1 Å². The average molecular weight is 486 g/mol. The van der Waals surface area contributed by atoms with Gasteiger partial charge in [-0.15, -0.1) is 0 Å². The molecule has 1 aromatic heterocycles. The highest BCUT2D eigenvalue weighted by Crippen LogP contribution is 2.27. The molecule has 0 radical (unpaired) electrons. The van der Waals surface area contributed by atoms with Crippen LogP contribution >= 0.6 is 15.9 Å². The Morgan fingerprint density at radius 3 is 2.48 bits per heavy atom. The summed E-state index contributed by atoms with van der Waals surface area (Å²) in [5.74, 6) is 1.50. The van der Waals surface area contributed by atoms with Gasteiger partial charge in [-0.05, 0) is 49.9 Å². The van der Waals surface area contributed by atoms with Gasteiger partial charge >= 0.3 is 0 Å². The Kier molecular flexibility index (Phi) is 7.22. The molecule has 31 heavy (non-hydrogen) atoms. The number of benzene rings is 1. The highest BCUT2D eigenvalue weighted by Gasteiger charge is 2.29. The topological polar surface area (TPSA) is 71.5 Å². The number of hydrogen-bond acceptors (Lipinski definition) is 4. The predicted molar refractivity (Wildman–Crippen MR) is 122 cm³/mol. The predicted octanol–water partition coefficient (Wildman–Crippen LogP) is 4.94. The van der Waals surface area contributed by atoms with Crippen LogP contribution in [-0.2, 0) is 4.79 Å². The minimum atomic E-state index is -0.140. The fourth-order valence-corrected chi connectivity index (χ4v) is 4.73. The molecule has 2 aliphatic rings. The molecule has 2 fully saturated rings. The number of ether oxygens (including phenoxy) is 1. The average Bonchev–Trinajstić information content (AvgIpc) is 2.80. The van der Waals surface area contributed by atoms with E-state index >= 15 is 0 Å². The molecular weight excluding hydrogens is 458 g/mol. The number of rotatable bonds is 5. The van der Waals surface area contributed by atoms with E-state index in [0.29, 0.717) is 23.1 Å². The van der Waals surface area contributed by atoms with E-state index in [2.05, 4.69) is 26.2 Å². The Morgan fingerprint density at radius 1 is 1.03 bits per heavy atom. The lowest BCUT2D eigenvalue weighted by atomic mass is 9.87. The molecular formula is C24H28BrN3O3. The van der Waals surface area contributed by atoms with Gasteiger partial charge in [0.1, 0.15) is 5.75 Å². The van der Waals surface area contributed by atoms with Crippen LogP contribution in [-0.4, -0.2) is 40.8 Å². The van der Waals surface area contributed by atoms with Crippen molar-refractivity contribution in [3.05, 3.63) is 52.6 Å². The fourth-order valence-electron chi connectivity index (χ4n) is 4.35. The molecule has 7 heteroatoms. The van der Waals surface area contributed by atoms with Crippen molar-refractivity contribution in [3.63, 3.8) is 0 Å². The van der Waals surface area contributed by atoms with Crippen molar-refractivity contribution >= 4 is 27.7 Å². The molecule has 0 bridgehead atoms. The summed E-state index contributed by atoms with van der Waals surface area (Å²) in [6.07, 6.45) is 8.78. The van der Waals surface area contributed by atoms with Gasteiger partial charge in [0.15, 0.2) is 0 Å². The number of hydrogen-bond donors (Lipinski definition) is 1. The lowest BCUT2D eigenvalue weighted by Crippen LogP contribution is -2.48. The van der Waals surface area contributed by atoms with Gasteiger partial charge in [0.05, 0.1) is 5.56 Å². The minimum Gasteiger partial charge on any atom is -0.439 e. The Morgan fingerprint density at radius 2 is 1.81 bits per heavy atom. The maximum absolute atomic E-state index is 12.7. The number of piperidine rings is 1. The first-order chi connectivity index (χ1) is 15.1. The van der Waals surface area contributed by atoms with Crippen molar-refractivity contribution in [2.45, 2.75) is 51.0 Å². The number of amides is 2. The van der Waals surface area contributed by atoms with Gasteiger partial charge in [-0.2, -0.15) is 0 Å². The highest BCUT2D eigenvalue weighted by atomic mass is 79.9. The van der Waals surface area contributed by atoms with E-state index in [-0.39, 0.29) is 17.9 Å². The zero-order valence-corrected chi connectivity index (χ0v) is 19.1. The second kappa shape index (κ2) is 10.3. The highest BCUT2D eigenvalue weighted by molar-refractivity contribution is 9.10. The lowest BCUT2D eigenvalue weighted by molar-refractivity contribution is -0.137. The molecule has 6 nitrogen and oxygen atoms in total. The molecule has 164 valence electrons. The summed E-state index contributed by atoms with van der Waals surface area (Å²) < 4.78 is 6.64. The maximum Gasteiger partial charge on any atom is 0.253 e. The quantitative estimate of drug-likeness (QED) is 0.650. The summed E-state index contributed by atoms with van der Waals surface area (Å²) in [7, 11) is 0. The third-order valence-electron chi connectivity index (χ3n) is 6.11. The third-order valence-corrected chi connectivity index (χ3v) is 6.61. The zero-order valence-electron chi connectivity index (χ0n) is 17.6. The number of nitrogens with zero attached hydrogens (tertiary/aromatic N) is 2. The number of carbonyl (C=O) groups excluding carboxylic acids is 2. The Bertz CT molecular complexity index is 905. The summed E-state index contributed by atoms with van der Waals surface area (Å²) >= 11 is 3.41. The van der Waals surface area contributed by atoms with Crippen molar-refractivity contribution in [1.82, 2.24) is 15.2 Å². The summed E-state index contributed by atoms with van der Waals surface area (Å²) in [4.78, 5) is 31.6. The first kappa shape index (κ1) is 21.8. The summed E-state index contributed by atoms with van der Waals surface area (Å²) in [6.45, 7) is 1.44. The molecule has 2 aromatic rings. The number of aromatic nitrogens is 1. The van der Waals surface area contributed by atoms with Crippen LogP contribution in [0, 0.1) is 5.92 Å². The van der Waals surface area contributed by atoms with Gasteiger partial charge in [-0.3, -0.25) is 9.59 Å². The molecule has 0 spiro atoms. The summed E-state index contributed by atoms with van der Waals surface area (Å²) in [6, 6.07) is 11.0. The molecule has 1 N–H and O–H groups in total. The number of nitrogens with one attached hydrogen (secondary N) is 1. The van der Waals surface area contributed by atoms with Crippen molar-refractivity contribution in [2.24, 2.45) is 5.92 Å². The van der Waals surface area contributed by atoms with Gasteiger partial charge in [0.25, 0.3) is 5.91 Å². The Balaban J connectivity index is 1.25. The summed E-state index contributed by atoms with van der Waals surface area (Å²) in [5.41, 5.74) is 0.502. The second-order valence-corrected chi connectivity index (χ2v) is 9.27. The van der Waals surface area contributed by atoms with E-state index in [9.17, 15) is 9.59 Å². The van der Waals surface area contributed by atoms with Crippen LogP contribution in [0.3, 0.4) is 0 Å². The number of carbonyl (C=O) groups is 2. The van der Waals surface area contributed by atoms with E-state index in [1.165, 1.54) is 25.5 Å². The van der Waals surface area contributed by atoms with Crippen LogP contribution in [0.25, 0.3) is 0 Å². The smallest absolute Gasteiger partial charge is 0.253 e. The molecule has 2 heterocycles. The fraction of sp³-hybridized carbons (Fsp3) is 0.458. The van der Waals surface area contributed by atoms with Crippen molar-refractivity contribution in [1.29, 1.82) is 0 Å². The van der Waals surface area contributed by atoms with E-state index in [1.807, 2.05) is 29.2 Å². The third kappa shape index (κ3) is 5.85. The van der Waals surface area contributed by atoms with E-state index in [0.717, 1.165) is 43.2 Å². The van der Waals surface area contributed by atoms with Crippen molar-refractivity contribution in [2.75, 3.05) is 13.1 Å². The van der Waals surface area contributed by atoms with Crippen LogP contribution in [0.5, 0.6) is 11.6 Å². The molecule has 1 saturated carbocycles. The van der Waals surface area contributed by atoms with Crippen molar-refractivity contribution < 1.29 is 14.3 Å². The van der Waals surface area contributed by atoms with E-state index in [4.69, 9.17) is 4.74 Å². The lowest BCUT2D eigenvalue weighted by Gasteiger charge is -2.35. The minimum absolute atomic E-state index is 0.0838. The molecule has 0 atom stereocenters. The van der Waals surface area contributed by atoms with Crippen LogP contribution in [0.15, 0.2) is 47.1 Å². The molecule has 1 saturated heterocycles. The van der Waals surface area contributed by atoms with Gasteiger partial charge in [-0.25, -0.2) is 4.98 Å². The van der Waals surface area contributed by atoms with Crippen LogP contribution in [0.2, 0.25) is 0 Å². The Hall–Kier alpha value is -2.41. The van der Waals surface area contributed by atoms with Crippen molar-refractivity contribution in [3.8, 4) is 11.6 Å². The molecule has 4 rings (SSSR count). The van der Waals surface area contributed by atoms with Gasteiger partial charge in [0, 0.05) is 41.8 Å². The van der Waals surface area contributed by atoms with Gasteiger partial charge < -0.3 is 15.0 Å². The van der Waals surface area contributed by atoms with Gasteiger partial charge in [0.2, 0.25) is 11.8 Å². The number of likely N-dealkylation sites (tertiary alicyclic amines) is 1. The van der Waals surface area contributed by atoms with Crippen LogP contribution in [0.1, 0.15) is 55.3 Å². The van der Waals surface area contributed by atoms with Crippen LogP contribution in [0.4, 0.5) is 0 Å². The number of pyridine rings is 1. The Labute approximate surface area is 191 Å². The standard InChI is InChI=1S/C24H28BrN3O3/c25-19-7-4-8-21(15-19)31-22-10-9-18(16-26-22)23(29)27-20-11-13-28(14-12-20)24(30)17-5-2-1-3-6-17/h4,7-10,15-17,20H,1-3,5-6,11-14H2,(H,27,29). The SMILES string of the molecule is O=C(NC1CCN(C(=O)C2CCCCC2)CC1)c1ccc(Oc2cccc(Br)c2)nc1. The molecule has 1 aliphatic carbocycles. The first-order valence-corrected chi connectivity index (χ1v) is 11.9. The summed E-state index contributed by atoms with van der Waals surface area (Å²) in [5, 5.41) is 3.09. The van der Waals surface area contributed by atoms with E-state index in [1.54, 1.807) is 12.1 Å². The number of halogens is 1. The second-order valence-electron chi connectivity index (χ2n) is 8.35. The molecule has 1 aliphatic heterocycles. The largest absolute Gasteiger partial charge is 0.439 e. The monoisotopic (exact) mass is 485 g/mol. The van der Waals surface area contributed by atoms with E-state index < -0.39 is 0 Å².